The fraction of sp³-hybridized carbons (Fsp3) is 0.320. The van der Waals surface area contributed by atoms with Crippen molar-refractivity contribution >= 4 is 51.2 Å². The van der Waals surface area contributed by atoms with Crippen LogP contribution in [0, 0.1) is 6.92 Å². The normalized spacial score (nSPS) is 19.6. The average Bonchev–Trinajstić information content (AvgIpc) is 3.56. The highest BCUT2D eigenvalue weighted by Crippen LogP contribution is 2.39. The molecule has 6 rings (SSSR count). The Kier molecular flexibility index (Phi) is 5.65. The molecule has 0 bridgehead atoms. The van der Waals surface area contributed by atoms with Gasteiger partial charge in [0.25, 0.3) is 5.91 Å². The van der Waals surface area contributed by atoms with Crippen LogP contribution >= 0.6 is 22.9 Å². The number of fused-ring (bicyclic) bond motifs is 2. The number of anilines is 2. The van der Waals surface area contributed by atoms with E-state index in [-0.39, 0.29) is 17.7 Å². The minimum Gasteiger partial charge on any atom is -0.382 e. The highest BCUT2D eigenvalue weighted by atomic mass is 35.5. The van der Waals surface area contributed by atoms with Gasteiger partial charge in [-0.3, -0.25) is 19.3 Å². The Morgan fingerprint density at radius 3 is 2.89 bits per heavy atom. The predicted octanol–water partition coefficient (Wildman–Crippen LogP) is 4.52. The van der Waals surface area contributed by atoms with E-state index >= 15 is 0 Å². The number of thiazole rings is 1. The molecule has 2 fully saturated rings. The molecule has 2 atom stereocenters. The molecular weight excluding hydrogens is 498 g/mol. The smallest absolute Gasteiger partial charge is 0.257 e. The first kappa shape index (κ1) is 22.9. The molecule has 2 aliphatic rings. The number of nitrogens with two attached hydrogens (primary N) is 1. The summed E-state index contributed by atoms with van der Waals surface area (Å²) in [5.74, 6) is 1.19. The third-order valence-corrected chi connectivity index (χ3v) is 8.16. The van der Waals surface area contributed by atoms with E-state index in [1.807, 2.05) is 22.4 Å². The molecule has 0 saturated carbocycles. The number of aryl methyl sites for hydroxylation is 1. The van der Waals surface area contributed by atoms with Gasteiger partial charge in [0.1, 0.15) is 22.9 Å². The van der Waals surface area contributed by atoms with E-state index in [1.165, 1.54) is 11.3 Å². The van der Waals surface area contributed by atoms with Crippen molar-refractivity contribution in [2.45, 2.75) is 44.6 Å². The highest BCUT2D eigenvalue weighted by Gasteiger charge is 2.38. The Balaban J connectivity index is 1.36. The third kappa shape index (κ3) is 3.90. The highest BCUT2D eigenvalue weighted by molar-refractivity contribution is 7.15. The molecule has 2 unspecified atom stereocenters. The maximum absolute atomic E-state index is 12.7. The number of halogens is 1. The molecule has 11 heteroatoms. The lowest BCUT2D eigenvalue weighted by atomic mass is 9.92. The third-order valence-electron chi connectivity index (χ3n) is 7.02. The Morgan fingerprint density at radius 2 is 2.11 bits per heavy atom. The molecule has 2 aliphatic heterocycles. The molecule has 36 heavy (non-hydrogen) atoms. The number of nitrogens with zero attached hydrogens (tertiary/aromatic N) is 5. The number of piperidine rings is 1. The van der Waals surface area contributed by atoms with E-state index in [0.717, 1.165) is 30.0 Å². The summed E-state index contributed by atoms with van der Waals surface area (Å²) in [4.78, 5) is 41.6. The number of imidazole rings is 1. The van der Waals surface area contributed by atoms with E-state index in [9.17, 15) is 9.59 Å². The van der Waals surface area contributed by atoms with Crippen LogP contribution in [0.25, 0.3) is 16.8 Å². The van der Waals surface area contributed by atoms with Crippen molar-refractivity contribution < 1.29 is 9.59 Å². The van der Waals surface area contributed by atoms with E-state index in [1.54, 1.807) is 30.6 Å². The molecule has 184 valence electrons. The summed E-state index contributed by atoms with van der Waals surface area (Å²) in [7, 11) is 0. The topological polar surface area (TPSA) is 119 Å². The largest absolute Gasteiger partial charge is 0.382 e. The second-order valence-electron chi connectivity index (χ2n) is 9.29. The molecule has 0 radical (unpaired) electrons. The predicted molar refractivity (Wildman–Crippen MR) is 139 cm³/mol. The number of benzene rings is 1. The number of carbonyl (C=O) groups excluding carboxylic acids is 2. The van der Waals surface area contributed by atoms with Gasteiger partial charge in [0.05, 0.1) is 5.02 Å². The first-order valence-corrected chi connectivity index (χ1v) is 13.0. The summed E-state index contributed by atoms with van der Waals surface area (Å²) in [6.07, 6.45) is 8.68. The number of carbonyl (C=O) groups is 2. The van der Waals surface area contributed by atoms with E-state index in [0.29, 0.717) is 57.3 Å². The van der Waals surface area contributed by atoms with Crippen LogP contribution in [0.5, 0.6) is 0 Å². The monoisotopic (exact) mass is 521 g/mol. The minimum atomic E-state index is -0.290. The van der Waals surface area contributed by atoms with Gasteiger partial charge in [0.15, 0.2) is 5.13 Å². The molecular formula is C25H24ClN7O2S. The van der Waals surface area contributed by atoms with Crippen molar-refractivity contribution in [2.75, 3.05) is 17.6 Å². The number of aromatic nitrogens is 4. The van der Waals surface area contributed by atoms with Gasteiger partial charge in [0.2, 0.25) is 5.91 Å². The van der Waals surface area contributed by atoms with Gasteiger partial charge in [-0.1, -0.05) is 17.7 Å². The maximum atomic E-state index is 12.7. The lowest BCUT2D eigenvalue weighted by Gasteiger charge is -2.34. The number of amides is 2. The summed E-state index contributed by atoms with van der Waals surface area (Å²) >= 11 is 8.10. The van der Waals surface area contributed by atoms with Crippen molar-refractivity contribution in [3.63, 3.8) is 0 Å². The lowest BCUT2D eigenvalue weighted by molar-refractivity contribution is -0.130. The van der Waals surface area contributed by atoms with E-state index in [2.05, 4.69) is 15.3 Å². The van der Waals surface area contributed by atoms with E-state index in [4.69, 9.17) is 22.3 Å². The Labute approximate surface area is 216 Å². The fourth-order valence-electron chi connectivity index (χ4n) is 5.27. The second kappa shape index (κ2) is 8.86. The molecule has 0 spiro atoms. The first-order valence-electron chi connectivity index (χ1n) is 11.8. The lowest BCUT2D eigenvalue weighted by Crippen LogP contribution is -2.41. The van der Waals surface area contributed by atoms with Crippen LogP contribution in [0.1, 0.15) is 52.7 Å². The zero-order valence-electron chi connectivity index (χ0n) is 19.6. The Hall–Kier alpha value is -3.50. The standard InChI is InChI=1S/C25H24ClN7O2S/c1-13-11-29-25(36-13)31-24(35)14-3-6-17(18(26)10-14)20-21-22(27)28-8-9-32(21)23(30-20)15-2-4-16-5-7-19(34)33(16)12-15/h3,6,8-11,15-16H,2,4-5,7,12H2,1H3,(H2,27,28)(H,29,31,35). The van der Waals surface area contributed by atoms with Crippen LogP contribution in [0.4, 0.5) is 10.9 Å². The number of hydrogen-bond donors (Lipinski definition) is 2. The number of nitrogen functional groups attached to an aromatic ring is 1. The molecule has 4 aromatic rings. The summed E-state index contributed by atoms with van der Waals surface area (Å²) in [5, 5.41) is 3.72. The van der Waals surface area contributed by atoms with Gasteiger partial charge >= 0.3 is 0 Å². The van der Waals surface area contributed by atoms with Crippen LogP contribution in [0.3, 0.4) is 0 Å². The molecule has 1 aromatic carbocycles. The summed E-state index contributed by atoms with van der Waals surface area (Å²) in [5.41, 5.74) is 8.66. The summed E-state index contributed by atoms with van der Waals surface area (Å²) in [6.45, 7) is 2.57. The molecule has 9 nitrogen and oxygen atoms in total. The average molecular weight is 522 g/mol. The van der Waals surface area contributed by atoms with Crippen LogP contribution in [0.15, 0.2) is 36.8 Å². The SMILES string of the molecule is Cc1cnc(NC(=O)c2ccc(-c3nc(C4CCC5CCC(=O)N5C4)n4ccnc(N)c34)c(Cl)c2)s1. The van der Waals surface area contributed by atoms with E-state index < -0.39 is 0 Å². The fourth-order valence-corrected chi connectivity index (χ4v) is 6.20. The first-order chi connectivity index (χ1) is 17.4. The molecule has 2 amide bonds. The number of nitrogens with one attached hydrogen (secondary N) is 1. The van der Waals surface area contributed by atoms with Crippen molar-refractivity contribution in [1.29, 1.82) is 0 Å². The van der Waals surface area contributed by atoms with Crippen LogP contribution in [-0.4, -0.2) is 48.7 Å². The van der Waals surface area contributed by atoms with Gasteiger partial charge < -0.3 is 10.6 Å². The van der Waals surface area contributed by atoms with Crippen LogP contribution in [0.2, 0.25) is 5.02 Å². The molecule has 3 aromatic heterocycles. The number of hydrogen-bond acceptors (Lipinski definition) is 7. The van der Waals surface area contributed by atoms with Crippen molar-refractivity contribution in [1.82, 2.24) is 24.3 Å². The van der Waals surface area contributed by atoms with Crippen molar-refractivity contribution in [3.8, 4) is 11.3 Å². The zero-order chi connectivity index (χ0) is 25.0. The molecule has 3 N–H and O–H groups in total. The summed E-state index contributed by atoms with van der Waals surface area (Å²) in [6, 6.07) is 5.46. The van der Waals surface area contributed by atoms with Crippen LogP contribution in [-0.2, 0) is 4.79 Å². The number of rotatable bonds is 4. The van der Waals surface area contributed by atoms with Gasteiger partial charge in [-0.15, -0.1) is 11.3 Å². The quantitative estimate of drug-likeness (QED) is 0.407. The molecule has 0 aliphatic carbocycles. The zero-order valence-corrected chi connectivity index (χ0v) is 21.1. The molecule has 5 heterocycles. The maximum Gasteiger partial charge on any atom is 0.257 e. The second-order valence-corrected chi connectivity index (χ2v) is 10.9. The van der Waals surface area contributed by atoms with Gasteiger partial charge in [-0.25, -0.2) is 15.0 Å². The van der Waals surface area contributed by atoms with Crippen LogP contribution < -0.4 is 11.1 Å². The van der Waals surface area contributed by atoms with Crippen molar-refractivity contribution in [3.05, 3.63) is 58.1 Å². The Morgan fingerprint density at radius 1 is 1.25 bits per heavy atom. The van der Waals surface area contributed by atoms with Crippen molar-refractivity contribution in [2.24, 2.45) is 0 Å². The van der Waals surface area contributed by atoms with Gasteiger partial charge in [-0.05, 0) is 38.3 Å². The van der Waals surface area contributed by atoms with Gasteiger partial charge in [-0.2, -0.15) is 0 Å². The van der Waals surface area contributed by atoms with Gasteiger partial charge in [0, 0.05) is 59.5 Å². The minimum absolute atomic E-state index is 0.0805. The molecule has 2 saturated heterocycles. The Bertz CT molecular complexity index is 1510. The summed E-state index contributed by atoms with van der Waals surface area (Å²) < 4.78 is 1.96.